The quantitative estimate of drug-likeness (QED) is 0.749. The number of nitrogens with one attached hydrogen (secondary N) is 1. The zero-order chi connectivity index (χ0) is 19.7. The monoisotopic (exact) mass is 379 g/mol. The van der Waals surface area contributed by atoms with Gasteiger partial charge in [0.15, 0.2) is 0 Å². The number of aromatic amines is 1. The Balaban J connectivity index is 1.64. The number of nitrogens with zero attached hydrogens (tertiary/aromatic N) is 2. The van der Waals surface area contributed by atoms with Gasteiger partial charge in [-0.2, -0.15) is 0 Å². The number of H-pyrrole nitrogens is 1. The van der Waals surface area contributed by atoms with Crippen LogP contribution in [0.5, 0.6) is 0 Å². The maximum Gasteiger partial charge on any atom is 0.329 e. The molecule has 7 nitrogen and oxygen atoms in total. The lowest BCUT2D eigenvalue weighted by Gasteiger charge is -2.31. The Kier molecular flexibility index (Phi) is 4.83. The molecular formula is C21H21N3O4. The van der Waals surface area contributed by atoms with E-state index in [2.05, 4.69) is 4.98 Å². The van der Waals surface area contributed by atoms with Crippen molar-refractivity contribution in [1.82, 2.24) is 14.5 Å². The number of aromatic nitrogens is 2. The SMILES string of the molecule is CC1CN(C(=O)c2cccc(Cn3c(=O)[nH]c4ccccc4c3=O)c2)CCO1. The summed E-state index contributed by atoms with van der Waals surface area (Å²) >= 11 is 0. The summed E-state index contributed by atoms with van der Waals surface area (Å²) in [4.78, 5) is 42.4. The molecule has 1 atom stereocenters. The Labute approximate surface area is 161 Å². The minimum absolute atomic E-state index is 0.00983. The van der Waals surface area contributed by atoms with Gasteiger partial charge in [0.1, 0.15) is 0 Å². The molecule has 1 aliphatic rings. The summed E-state index contributed by atoms with van der Waals surface area (Å²) in [6.07, 6.45) is 0.00983. The summed E-state index contributed by atoms with van der Waals surface area (Å²) in [5.74, 6) is -0.0724. The van der Waals surface area contributed by atoms with Crippen molar-refractivity contribution < 1.29 is 9.53 Å². The molecule has 1 aromatic heterocycles. The van der Waals surface area contributed by atoms with Crippen LogP contribution < -0.4 is 11.2 Å². The molecule has 0 aliphatic carbocycles. The molecule has 1 fully saturated rings. The van der Waals surface area contributed by atoms with Gasteiger partial charge in [0, 0.05) is 18.7 Å². The largest absolute Gasteiger partial charge is 0.375 e. The second-order valence-corrected chi connectivity index (χ2v) is 7.00. The third kappa shape index (κ3) is 3.48. The lowest BCUT2D eigenvalue weighted by atomic mass is 10.1. The molecule has 4 rings (SSSR count). The molecule has 3 aromatic rings. The smallest absolute Gasteiger partial charge is 0.329 e. The number of rotatable bonds is 3. The van der Waals surface area contributed by atoms with Crippen LogP contribution in [0.15, 0.2) is 58.1 Å². The van der Waals surface area contributed by atoms with E-state index in [-0.39, 0.29) is 24.1 Å². The minimum Gasteiger partial charge on any atom is -0.375 e. The van der Waals surface area contributed by atoms with Crippen LogP contribution in [0.1, 0.15) is 22.8 Å². The zero-order valence-corrected chi connectivity index (χ0v) is 15.6. The zero-order valence-electron chi connectivity index (χ0n) is 15.6. The average Bonchev–Trinajstić information content (AvgIpc) is 2.71. The van der Waals surface area contributed by atoms with Gasteiger partial charge in [-0.1, -0.05) is 24.3 Å². The third-order valence-corrected chi connectivity index (χ3v) is 4.93. The average molecular weight is 379 g/mol. The van der Waals surface area contributed by atoms with Crippen molar-refractivity contribution in [2.24, 2.45) is 0 Å². The fourth-order valence-corrected chi connectivity index (χ4v) is 3.51. The number of para-hydroxylation sites is 1. The van der Waals surface area contributed by atoms with Crippen molar-refractivity contribution in [3.8, 4) is 0 Å². The van der Waals surface area contributed by atoms with E-state index in [0.29, 0.717) is 36.2 Å². The Hall–Kier alpha value is -3.19. The highest BCUT2D eigenvalue weighted by Crippen LogP contribution is 2.13. The molecule has 7 heteroatoms. The Bertz CT molecular complexity index is 1150. The Morgan fingerprint density at radius 1 is 1.18 bits per heavy atom. The van der Waals surface area contributed by atoms with Gasteiger partial charge in [-0.3, -0.25) is 14.2 Å². The van der Waals surface area contributed by atoms with Gasteiger partial charge < -0.3 is 14.6 Å². The molecule has 1 unspecified atom stereocenters. The molecule has 0 radical (unpaired) electrons. The van der Waals surface area contributed by atoms with Crippen LogP contribution in [0.3, 0.4) is 0 Å². The van der Waals surface area contributed by atoms with Crippen molar-refractivity contribution >= 4 is 16.8 Å². The molecule has 2 heterocycles. The second kappa shape index (κ2) is 7.44. The standard InChI is InChI=1S/C21H21N3O4/c1-14-12-23(9-10-28-14)19(25)16-6-4-5-15(11-16)13-24-20(26)17-7-2-3-8-18(17)22-21(24)27/h2-8,11,14H,9-10,12-13H2,1H3,(H,22,27). The van der Waals surface area contributed by atoms with Gasteiger partial charge in [-0.25, -0.2) is 4.79 Å². The molecule has 1 saturated heterocycles. The predicted octanol–water partition coefficient (Wildman–Crippen LogP) is 1.60. The topological polar surface area (TPSA) is 84.4 Å². The predicted molar refractivity (Wildman–Crippen MR) is 106 cm³/mol. The third-order valence-electron chi connectivity index (χ3n) is 4.93. The number of amides is 1. The van der Waals surface area contributed by atoms with Crippen molar-refractivity contribution in [3.05, 3.63) is 80.5 Å². The van der Waals surface area contributed by atoms with Crippen LogP contribution in [-0.2, 0) is 11.3 Å². The highest BCUT2D eigenvalue weighted by Gasteiger charge is 2.22. The van der Waals surface area contributed by atoms with Crippen molar-refractivity contribution in [3.63, 3.8) is 0 Å². The number of hydrogen-bond donors (Lipinski definition) is 1. The van der Waals surface area contributed by atoms with Crippen LogP contribution >= 0.6 is 0 Å². The number of fused-ring (bicyclic) bond motifs is 1. The van der Waals surface area contributed by atoms with E-state index >= 15 is 0 Å². The molecular weight excluding hydrogens is 358 g/mol. The first kappa shape index (κ1) is 18.2. The highest BCUT2D eigenvalue weighted by atomic mass is 16.5. The van der Waals surface area contributed by atoms with Crippen molar-refractivity contribution in [2.75, 3.05) is 19.7 Å². The van der Waals surface area contributed by atoms with E-state index in [9.17, 15) is 14.4 Å². The molecule has 0 spiro atoms. The molecule has 1 aliphatic heterocycles. The van der Waals surface area contributed by atoms with Gasteiger partial charge in [0.05, 0.1) is 30.2 Å². The summed E-state index contributed by atoms with van der Waals surface area (Å²) < 4.78 is 6.64. The summed E-state index contributed by atoms with van der Waals surface area (Å²) in [6, 6.07) is 14.0. The van der Waals surface area contributed by atoms with E-state index < -0.39 is 5.69 Å². The number of ether oxygens (including phenoxy) is 1. The highest BCUT2D eigenvalue weighted by molar-refractivity contribution is 5.94. The summed E-state index contributed by atoms with van der Waals surface area (Å²) in [6.45, 7) is 3.66. The second-order valence-electron chi connectivity index (χ2n) is 7.00. The van der Waals surface area contributed by atoms with Gasteiger partial charge >= 0.3 is 5.69 Å². The number of benzene rings is 2. The van der Waals surface area contributed by atoms with Crippen LogP contribution in [0.2, 0.25) is 0 Å². The maximum absolute atomic E-state index is 12.8. The molecule has 2 aromatic carbocycles. The molecule has 0 saturated carbocycles. The van der Waals surface area contributed by atoms with Gasteiger partial charge in [-0.15, -0.1) is 0 Å². The van der Waals surface area contributed by atoms with Crippen LogP contribution in [0.4, 0.5) is 0 Å². The molecule has 1 N–H and O–H groups in total. The molecule has 1 amide bonds. The summed E-state index contributed by atoms with van der Waals surface area (Å²) in [5, 5.41) is 0.455. The summed E-state index contributed by atoms with van der Waals surface area (Å²) in [7, 11) is 0. The van der Waals surface area contributed by atoms with Gasteiger partial charge in [-0.05, 0) is 36.8 Å². The van der Waals surface area contributed by atoms with E-state index in [0.717, 1.165) is 10.1 Å². The van der Waals surface area contributed by atoms with Gasteiger partial charge in [0.2, 0.25) is 0 Å². The maximum atomic E-state index is 12.8. The first-order valence-electron chi connectivity index (χ1n) is 9.24. The van der Waals surface area contributed by atoms with E-state index in [1.807, 2.05) is 6.92 Å². The lowest BCUT2D eigenvalue weighted by molar-refractivity contribution is -0.0124. The first-order valence-corrected chi connectivity index (χ1v) is 9.24. The van der Waals surface area contributed by atoms with Crippen LogP contribution in [0.25, 0.3) is 10.9 Å². The van der Waals surface area contributed by atoms with Crippen molar-refractivity contribution in [1.29, 1.82) is 0 Å². The normalized spacial score (nSPS) is 17.0. The number of carbonyl (C=O) groups excluding carboxylic acids is 1. The Morgan fingerprint density at radius 3 is 2.82 bits per heavy atom. The number of morpholine rings is 1. The molecule has 0 bridgehead atoms. The van der Waals surface area contributed by atoms with Crippen molar-refractivity contribution in [2.45, 2.75) is 19.6 Å². The van der Waals surface area contributed by atoms with E-state index in [1.165, 1.54) is 0 Å². The van der Waals surface area contributed by atoms with E-state index in [4.69, 9.17) is 4.74 Å². The minimum atomic E-state index is -0.470. The first-order chi connectivity index (χ1) is 13.5. The summed E-state index contributed by atoms with van der Waals surface area (Å²) in [5.41, 5.74) is 0.950. The number of hydrogen-bond acceptors (Lipinski definition) is 4. The lowest BCUT2D eigenvalue weighted by Crippen LogP contribution is -2.44. The number of carbonyl (C=O) groups is 1. The molecule has 144 valence electrons. The van der Waals surface area contributed by atoms with Crippen LogP contribution in [-0.4, -0.2) is 46.2 Å². The van der Waals surface area contributed by atoms with E-state index in [1.54, 1.807) is 53.4 Å². The fourth-order valence-electron chi connectivity index (χ4n) is 3.51. The molecule has 28 heavy (non-hydrogen) atoms. The van der Waals surface area contributed by atoms with Gasteiger partial charge in [0.25, 0.3) is 11.5 Å². The Morgan fingerprint density at radius 2 is 2.00 bits per heavy atom. The fraction of sp³-hybridized carbons (Fsp3) is 0.286. The van der Waals surface area contributed by atoms with Crippen LogP contribution in [0, 0.1) is 0 Å².